The molecule has 0 saturated heterocycles. The molecular formula is C11H10N6. The fraction of sp³-hybridized carbons (Fsp3) is 0.0909. The smallest absolute Gasteiger partial charge is 0.225 e. The summed E-state index contributed by atoms with van der Waals surface area (Å²) in [5.74, 6) is 0.571. The van der Waals surface area contributed by atoms with E-state index in [1.54, 1.807) is 24.9 Å². The molecule has 0 aliphatic carbocycles. The number of H-pyrrole nitrogens is 1. The lowest BCUT2D eigenvalue weighted by atomic mass is 10.3. The maximum Gasteiger partial charge on any atom is 0.225 e. The number of nitrogens with zero attached hydrogens (tertiary/aromatic N) is 4. The summed E-state index contributed by atoms with van der Waals surface area (Å²) < 4.78 is 0. The summed E-state index contributed by atoms with van der Waals surface area (Å²) in [4.78, 5) is 19.4. The van der Waals surface area contributed by atoms with Crippen LogP contribution in [0.3, 0.4) is 0 Å². The summed E-state index contributed by atoms with van der Waals surface area (Å²) in [6, 6.07) is 3.89. The van der Waals surface area contributed by atoms with Gasteiger partial charge in [-0.15, -0.1) is 0 Å². The highest BCUT2D eigenvalue weighted by Gasteiger charge is 2.01. The number of rotatable bonds is 3. The van der Waals surface area contributed by atoms with Gasteiger partial charge in [0.15, 0.2) is 5.65 Å². The normalized spacial score (nSPS) is 10.6. The van der Waals surface area contributed by atoms with Gasteiger partial charge in [0, 0.05) is 18.9 Å². The highest BCUT2D eigenvalue weighted by atomic mass is 15.1. The van der Waals surface area contributed by atoms with Gasteiger partial charge in [0.1, 0.15) is 5.52 Å². The largest absolute Gasteiger partial charge is 0.350 e. The predicted molar refractivity (Wildman–Crippen MR) is 63.2 cm³/mol. The summed E-state index contributed by atoms with van der Waals surface area (Å²) in [6.45, 7) is 0.665. The standard InChI is InChI=1S/C11H10N6/c1-3-12-4-2-8(1)5-13-11-14-6-9-10(17-11)16-7-15-9/h1-4,6-7H,5H2,(H2,13,14,15,16,17). The summed E-state index contributed by atoms with van der Waals surface area (Å²) in [7, 11) is 0. The Hall–Kier alpha value is -2.50. The van der Waals surface area contributed by atoms with E-state index in [0.717, 1.165) is 11.1 Å². The van der Waals surface area contributed by atoms with Gasteiger partial charge in [0.25, 0.3) is 0 Å². The van der Waals surface area contributed by atoms with Crippen LogP contribution in [0.2, 0.25) is 0 Å². The molecule has 3 aromatic rings. The SMILES string of the molecule is c1cc(CNc2ncc3[nH]cnc3n2)ccn1. The van der Waals surface area contributed by atoms with Crippen LogP contribution in [0.4, 0.5) is 5.95 Å². The van der Waals surface area contributed by atoms with Crippen molar-refractivity contribution in [2.24, 2.45) is 0 Å². The first-order valence-electron chi connectivity index (χ1n) is 5.21. The van der Waals surface area contributed by atoms with E-state index in [4.69, 9.17) is 0 Å². The second kappa shape index (κ2) is 4.17. The number of imidazole rings is 1. The summed E-state index contributed by atoms with van der Waals surface area (Å²) in [6.07, 6.45) is 6.83. The Balaban J connectivity index is 1.76. The van der Waals surface area contributed by atoms with Crippen LogP contribution in [-0.4, -0.2) is 24.9 Å². The Morgan fingerprint density at radius 2 is 2.06 bits per heavy atom. The molecule has 3 heterocycles. The van der Waals surface area contributed by atoms with Gasteiger partial charge >= 0.3 is 0 Å². The second-order valence-corrected chi connectivity index (χ2v) is 3.54. The molecule has 84 valence electrons. The molecule has 3 rings (SSSR count). The van der Waals surface area contributed by atoms with Crippen molar-refractivity contribution in [2.75, 3.05) is 5.32 Å². The molecule has 0 aromatic carbocycles. The van der Waals surface area contributed by atoms with Gasteiger partial charge < -0.3 is 10.3 Å². The van der Waals surface area contributed by atoms with Crippen molar-refractivity contribution in [1.82, 2.24) is 24.9 Å². The molecule has 0 spiro atoms. The fourth-order valence-electron chi connectivity index (χ4n) is 1.50. The van der Waals surface area contributed by atoms with Crippen LogP contribution in [0.15, 0.2) is 37.1 Å². The van der Waals surface area contributed by atoms with Crippen LogP contribution in [-0.2, 0) is 6.54 Å². The number of fused-ring (bicyclic) bond motifs is 1. The van der Waals surface area contributed by atoms with Gasteiger partial charge in [-0.25, -0.2) is 9.97 Å². The molecule has 3 aromatic heterocycles. The first-order valence-corrected chi connectivity index (χ1v) is 5.21. The number of hydrogen-bond acceptors (Lipinski definition) is 5. The minimum absolute atomic E-state index is 0.571. The Kier molecular flexibility index (Phi) is 2.38. The van der Waals surface area contributed by atoms with Gasteiger partial charge in [-0.2, -0.15) is 4.98 Å². The van der Waals surface area contributed by atoms with E-state index in [2.05, 4.69) is 30.2 Å². The van der Waals surface area contributed by atoms with Crippen LogP contribution in [0.1, 0.15) is 5.56 Å². The van der Waals surface area contributed by atoms with Crippen LogP contribution in [0.5, 0.6) is 0 Å². The quantitative estimate of drug-likeness (QED) is 0.705. The van der Waals surface area contributed by atoms with E-state index in [1.165, 1.54) is 0 Å². The molecule has 0 fully saturated rings. The van der Waals surface area contributed by atoms with Crippen LogP contribution in [0, 0.1) is 0 Å². The summed E-state index contributed by atoms with van der Waals surface area (Å²) in [5, 5.41) is 3.14. The molecule has 17 heavy (non-hydrogen) atoms. The van der Waals surface area contributed by atoms with Gasteiger partial charge in [0.05, 0.1) is 12.5 Å². The molecule has 0 atom stereocenters. The van der Waals surface area contributed by atoms with Crippen molar-refractivity contribution >= 4 is 17.1 Å². The molecule has 0 saturated carbocycles. The molecule has 0 bridgehead atoms. The van der Waals surface area contributed by atoms with Crippen molar-refractivity contribution in [3.05, 3.63) is 42.6 Å². The highest BCUT2D eigenvalue weighted by molar-refractivity contribution is 5.69. The van der Waals surface area contributed by atoms with Gasteiger partial charge in [-0.3, -0.25) is 4.98 Å². The van der Waals surface area contributed by atoms with E-state index in [0.29, 0.717) is 18.1 Å². The highest BCUT2D eigenvalue weighted by Crippen LogP contribution is 2.08. The maximum atomic E-state index is 4.27. The number of nitrogens with one attached hydrogen (secondary N) is 2. The molecule has 0 aliphatic heterocycles. The van der Waals surface area contributed by atoms with Crippen molar-refractivity contribution in [1.29, 1.82) is 0 Å². The van der Waals surface area contributed by atoms with Crippen molar-refractivity contribution < 1.29 is 0 Å². The van der Waals surface area contributed by atoms with E-state index < -0.39 is 0 Å². The molecule has 0 unspecified atom stereocenters. The average Bonchev–Trinajstić information content (AvgIpc) is 2.85. The molecular weight excluding hydrogens is 216 g/mol. The van der Waals surface area contributed by atoms with Crippen molar-refractivity contribution in [2.45, 2.75) is 6.54 Å². The third-order valence-corrected chi connectivity index (χ3v) is 2.38. The maximum absolute atomic E-state index is 4.27. The van der Waals surface area contributed by atoms with Gasteiger partial charge in [0.2, 0.25) is 5.95 Å². The van der Waals surface area contributed by atoms with E-state index in [-0.39, 0.29) is 0 Å². The Bertz CT molecular complexity index is 618. The zero-order chi connectivity index (χ0) is 11.5. The second-order valence-electron chi connectivity index (χ2n) is 3.54. The first kappa shape index (κ1) is 9.71. The fourth-order valence-corrected chi connectivity index (χ4v) is 1.50. The third kappa shape index (κ3) is 2.05. The third-order valence-electron chi connectivity index (χ3n) is 2.38. The summed E-state index contributed by atoms with van der Waals surface area (Å²) >= 11 is 0. The molecule has 0 amide bonds. The van der Waals surface area contributed by atoms with Gasteiger partial charge in [-0.05, 0) is 17.7 Å². The minimum Gasteiger partial charge on any atom is -0.350 e. The van der Waals surface area contributed by atoms with Crippen LogP contribution in [0.25, 0.3) is 11.2 Å². The Morgan fingerprint density at radius 1 is 1.18 bits per heavy atom. The number of aromatic amines is 1. The minimum atomic E-state index is 0.571. The van der Waals surface area contributed by atoms with Gasteiger partial charge in [-0.1, -0.05) is 0 Å². The zero-order valence-electron chi connectivity index (χ0n) is 8.96. The number of anilines is 1. The topological polar surface area (TPSA) is 79.4 Å². The molecule has 6 heteroatoms. The first-order chi connectivity index (χ1) is 8.42. The van der Waals surface area contributed by atoms with E-state index in [1.807, 2.05) is 12.1 Å². The van der Waals surface area contributed by atoms with E-state index >= 15 is 0 Å². The average molecular weight is 226 g/mol. The van der Waals surface area contributed by atoms with E-state index in [9.17, 15) is 0 Å². The number of aromatic nitrogens is 5. The lowest BCUT2D eigenvalue weighted by Gasteiger charge is -2.03. The molecule has 0 radical (unpaired) electrons. The monoisotopic (exact) mass is 226 g/mol. The number of pyridine rings is 1. The molecule has 6 nitrogen and oxygen atoms in total. The molecule has 0 aliphatic rings. The Labute approximate surface area is 97.2 Å². The zero-order valence-corrected chi connectivity index (χ0v) is 8.96. The van der Waals surface area contributed by atoms with Crippen molar-refractivity contribution in [3.63, 3.8) is 0 Å². The summed E-state index contributed by atoms with van der Waals surface area (Å²) in [5.41, 5.74) is 2.63. The Morgan fingerprint density at radius 3 is 2.94 bits per heavy atom. The lowest BCUT2D eigenvalue weighted by molar-refractivity contribution is 1.06. The molecule has 2 N–H and O–H groups in total. The van der Waals surface area contributed by atoms with Crippen LogP contribution < -0.4 is 5.32 Å². The number of hydrogen-bond donors (Lipinski definition) is 2. The lowest BCUT2D eigenvalue weighted by Crippen LogP contribution is -2.03. The predicted octanol–water partition coefficient (Wildman–Crippen LogP) is 1.36. The van der Waals surface area contributed by atoms with Crippen molar-refractivity contribution in [3.8, 4) is 0 Å². The van der Waals surface area contributed by atoms with Crippen LogP contribution >= 0.6 is 0 Å².